The Morgan fingerprint density at radius 2 is 2.24 bits per heavy atom. The SMILES string of the molecule is CCOc1c(Cl)cccc1CN1CCCC(CNC)C1.Cl. The first-order chi connectivity index (χ1) is 9.74. The lowest BCUT2D eigenvalue weighted by molar-refractivity contribution is 0.165. The van der Waals surface area contributed by atoms with Gasteiger partial charge in [0.2, 0.25) is 0 Å². The number of rotatable bonds is 6. The molecular weight excluding hydrogens is 307 g/mol. The van der Waals surface area contributed by atoms with E-state index in [1.165, 1.54) is 18.4 Å². The third kappa shape index (κ3) is 5.33. The lowest BCUT2D eigenvalue weighted by atomic mass is 9.97. The molecule has 120 valence electrons. The molecule has 1 heterocycles. The van der Waals surface area contributed by atoms with E-state index in [-0.39, 0.29) is 12.4 Å². The zero-order valence-electron chi connectivity index (χ0n) is 12.9. The summed E-state index contributed by atoms with van der Waals surface area (Å²) >= 11 is 6.25. The number of halogens is 2. The first-order valence-corrected chi connectivity index (χ1v) is 7.89. The number of ether oxygens (including phenoxy) is 1. The summed E-state index contributed by atoms with van der Waals surface area (Å²) in [5.74, 6) is 1.61. The van der Waals surface area contributed by atoms with E-state index in [1.54, 1.807) is 0 Å². The Kier molecular flexibility index (Phi) is 8.42. The van der Waals surface area contributed by atoms with Crippen LogP contribution in [0, 0.1) is 5.92 Å². The highest BCUT2D eigenvalue weighted by molar-refractivity contribution is 6.32. The van der Waals surface area contributed by atoms with Crippen LogP contribution in [0.4, 0.5) is 0 Å². The van der Waals surface area contributed by atoms with Crippen LogP contribution in [-0.2, 0) is 6.54 Å². The van der Waals surface area contributed by atoms with Crippen LogP contribution >= 0.6 is 24.0 Å². The van der Waals surface area contributed by atoms with Crippen LogP contribution in [0.25, 0.3) is 0 Å². The summed E-state index contributed by atoms with van der Waals surface area (Å²) in [6.45, 7) is 6.99. The van der Waals surface area contributed by atoms with Crippen molar-refractivity contribution in [3.8, 4) is 5.75 Å². The summed E-state index contributed by atoms with van der Waals surface area (Å²) in [7, 11) is 2.03. The van der Waals surface area contributed by atoms with Gasteiger partial charge in [0.05, 0.1) is 11.6 Å². The van der Waals surface area contributed by atoms with Gasteiger partial charge in [-0.1, -0.05) is 23.7 Å². The van der Waals surface area contributed by atoms with Crippen LogP contribution in [0.3, 0.4) is 0 Å². The molecule has 0 aliphatic carbocycles. The van der Waals surface area contributed by atoms with Gasteiger partial charge in [-0.2, -0.15) is 0 Å². The van der Waals surface area contributed by atoms with Crippen molar-refractivity contribution >= 4 is 24.0 Å². The second-order valence-electron chi connectivity index (χ2n) is 5.46. The highest BCUT2D eigenvalue weighted by Crippen LogP contribution is 2.30. The fraction of sp³-hybridized carbons (Fsp3) is 0.625. The van der Waals surface area contributed by atoms with E-state index in [0.717, 1.165) is 37.8 Å². The van der Waals surface area contributed by atoms with E-state index in [0.29, 0.717) is 11.6 Å². The maximum absolute atomic E-state index is 6.25. The molecule has 21 heavy (non-hydrogen) atoms. The molecule has 2 rings (SSSR count). The summed E-state index contributed by atoms with van der Waals surface area (Å²) in [6, 6.07) is 6.03. The average molecular weight is 333 g/mol. The summed E-state index contributed by atoms with van der Waals surface area (Å²) in [6.07, 6.45) is 2.60. The summed E-state index contributed by atoms with van der Waals surface area (Å²) in [5.41, 5.74) is 1.20. The van der Waals surface area contributed by atoms with Gasteiger partial charge in [0.15, 0.2) is 0 Å². The Hall–Kier alpha value is -0.480. The third-order valence-electron chi connectivity index (χ3n) is 3.83. The van der Waals surface area contributed by atoms with Crippen molar-refractivity contribution in [2.45, 2.75) is 26.3 Å². The second kappa shape index (κ2) is 9.52. The molecule has 0 bridgehead atoms. The maximum atomic E-state index is 6.25. The quantitative estimate of drug-likeness (QED) is 0.861. The maximum Gasteiger partial charge on any atom is 0.142 e. The van der Waals surface area contributed by atoms with Crippen molar-refractivity contribution in [1.82, 2.24) is 10.2 Å². The van der Waals surface area contributed by atoms with Crippen molar-refractivity contribution in [1.29, 1.82) is 0 Å². The van der Waals surface area contributed by atoms with Gasteiger partial charge in [-0.3, -0.25) is 4.90 Å². The van der Waals surface area contributed by atoms with Crippen LogP contribution in [0.1, 0.15) is 25.3 Å². The molecule has 1 atom stereocenters. The fourth-order valence-electron chi connectivity index (χ4n) is 2.98. The number of hydrogen-bond acceptors (Lipinski definition) is 3. The van der Waals surface area contributed by atoms with Gasteiger partial charge in [-0.25, -0.2) is 0 Å². The number of likely N-dealkylation sites (tertiary alicyclic amines) is 1. The minimum Gasteiger partial charge on any atom is -0.492 e. The molecule has 1 aliphatic heterocycles. The lowest BCUT2D eigenvalue weighted by Gasteiger charge is -2.33. The molecule has 1 saturated heterocycles. The fourth-order valence-corrected chi connectivity index (χ4v) is 3.22. The molecule has 0 radical (unpaired) electrons. The minimum absolute atomic E-state index is 0. The molecule has 5 heteroatoms. The van der Waals surface area contributed by atoms with Crippen molar-refractivity contribution in [2.75, 3.05) is 33.3 Å². The van der Waals surface area contributed by atoms with Gasteiger partial charge in [-0.05, 0) is 51.9 Å². The predicted octanol–water partition coefficient (Wildman–Crippen LogP) is 3.59. The minimum atomic E-state index is 0. The van der Waals surface area contributed by atoms with Gasteiger partial charge in [0.1, 0.15) is 5.75 Å². The molecule has 3 nitrogen and oxygen atoms in total. The van der Waals surface area contributed by atoms with E-state index < -0.39 is 0 Å². The molecule has 0 amide bonds. The molecule has 1 aromatic carbocycles. The second-order valence-corrected chi connectivity index (χ2v) is 5.87. The molecule has 0 aromatic heterocycles. The molecule has 1 fully saturated rings. The normalized spacial score (nSPS) is 19.1. The van der Waals surface area contributed by atoms with Crippen LogP contribution in [0.15, 0.2) is 18.2 Å². The van der Waals surface area contributed by atoms with E-state index >= 15 is 0 Å². The van der Waals surface area contributed by atoms with Gasteiger partial charge < -0.3 is 10.1 Å². The third-order valence-corrected chi connectivity index (χ3v) is 4.12. The molecule has 1 unspecified atom stereocenters. The monoisotopic (exact) mass is 332 g/mol. The molecule has 1 aliphatic rings. The van der Waals surface area contributed by atoms with Crippen molar-refractivity contribution in [3.05, 3.63) is 28.8 Å². The van der Waals surface area contributed by atoms with E-state index in [2.05, 4.69) is 16.3 Å². The standard InChI is InChI=1S/C16H25ClN2O.ClH/c1-3-20-16-14(7-4-8-15(16)17)12-19-9-5-6-13(11-19)10-18-2;/h4,7-8,13,18H,3,5-6,9-12H2,1-2H3;1H. The van der Waals surface area contributed by atoms with Gasteiger partial charge in [-0.15, -0.1) is 12.4 Å². The van der Waals surface area contributed by atoms with Crippen molar-refractivity contribution < 1.29 is 4.74 Å². The highest BCUT2D eigenvalue weighted by Gasteiger charge is 2.20. The van der Waals surface area contributed by atoms with E-state index in [1.807, 2.05) is 26.1 Å². The Balaban J connectivity index is 0.00000220. The van der Waals surface area contributed by atoms with Crippen LogP contribution in [0.5, 0.6) is 5.75 Å². The Morgan fingerprint density at radius 1 is 1.43 bits per heavy atom. The highest BCUT2D eigenvalue weighted by atomic mass is 35.5. The van der Waals surface area contributed by atoms with Crippen molar-refractivity contribution in [2.24, 2.45) is 5.92 Å². The smallest absolute Gasteiger partial charge is 0.142 e. The van der Waals surface area contributed by atoms with Crippen LogP contribution in [-0.4, -0.2) is 38.2 Å². The molecule has 0 saturated carbocycles. The first-order valence-electron chi connectivity index (χ1n) is 7.51. The largest absolute Gasteiger partial charge is 0.492 e. The Labute approximate surface area is 139 Å². The number of hydrogen-bond donors (Lipinski definition) is 1. The zero-order valence-corrected chi connectivity index (χ0v) is 14.5. The number of piperidine rings is 1. The molecule has 1 aromatic rings. The van der Waals surface area contributed by atoms with Crippen LogP contribution < -0.4 is 10.1 Å². The van der Waals surface area contributed by atoms with Gasteiger partial charge in [0, 0.05) is 18.7 Å². The number of nitrogens with zero attached hydrogens (tertiary/aromatic N) is 1. The van der Waals surface area contributed by atoms with E-state index in [4.69, 9.17) is 16.3 Å². The lowest BCUT2D eigenvalue weighted by Crippen LogP contribution is -2.38. The summed E-state index contributed by atoms with van der Waals surface area (Å²) < 4.78 is 5.71. The van der Waals surface area contributed by atoms with Crippen LogP contribution in [0.2, 0.25) is 5.02 Å². The number of nitrogens with one attached hydrogen (secondary N) is 1. The van der Waals surface area contributed by atoms with Crippen molar-refractivity contribution in [3.63, 3.8) is 0 Å². The van der Waals surface area contributed by atoms with Gasteiger partial charge in [0.25, 0.3) is 0 Å². The first kappa shape index (κ1) is 18.6. The predicted molar refractivity (Wildman–Crippen MR) is 91.8 cm³/mol. The molecule has 1 N–H and O–H groups in total. The number of benzene rings is 1. The Bertz CT molecular complexity index is 427. The molecule has 0 spiro atoms. The topological polar surface area (TPSA) is 24.5 Å². The summed E-state index contributed by atoms with van der Waals surface area (Å²) in [4.78, 5) is 2.51. The van der Waals surface area contributed by atoms with Gasteiger partial charge >= 0.3 is 0 Å². The Morgan fingerprint density at radius 3 is 2.95 bits per heavy atom. The summed E-state index contributed by atoms with van der Waals surface area (Å²) in [5, 5.41) is 4.01. The average Bonchev–Trinajstić information content (AvgIpc) is 2.44. The number of para-hydroxylation sites is 1. The van der Waals surface area contributed by atoms with E-state index in [9.17, 15) is 0 Å². The zero-order chi connectivity index (χ0) is 14.4. The molecular formula is C16H26Cl2N2O.